The Morgan fingerprint density at radius 1 is 1.28 bits per heavy atom. The van der Waals surface area contributed by atoms with Gasteiger partial charge in [-0.1, -0.05) is 6.07 Å². The summed E-state index contributed by atoms with van der Waals surface area (Å²) in [4.78, 5) is 13.5. The molecule has 0 aliphatic carbocycles. The first-order chi connectivity index (χ1) is 11.8. The largest absolute Gasteiger partial charge is 0.506 e. The molecule has 0 spiro atoms. The number of aromatic hydroxyl groups is 1. The molecule has 0 saturated carbocycles. The quantitative estimate of drug-likeness (QED) is 0.799. The van der Waals surface area contributed by atoms with Crippen LogP contribution in [0.3, 0.4) is 0 Å². The van der Waals surface area contributed by atoms with Crippen molar-refractivity contribution in [2.75, 3.05) is 11.9 Å². The zero-order chi connectivity index (χ0) is 18.2. The molecule has 1 atom stereocenters. The van der Waals surface area contributed by atoms with E-state index in [1.54, 1.807) is 30.3 Å². The van der Waals surface area contributed by atoms with Crippen LogP contribution in [0.25, 0.3) is 0 Å². The average Bonchev–Trinajstić information content (AvgIpc) is 3.19. The SMILES string of the molecule is Cc1ccc(NC(=O)C2CCCN2S(=O)(=O)c2ccc(C)s2)c(O)c1. The molecular weight excluding hydrogens is 360 g/mol. The molecule has 1 aromatic carbocycles. The fourth-order valence-corrected chi connectivity index (χ4v) is 5.99. The van der Waals surface area contributed by atoms with Crippen molar-refractivity contribution in [2.45, 2.75) is 36.9 Å². The number of carbonyl (C=O) groups is 1. The number of thiophene rings is 1. The molecule has 1 saturated heterocycles. The maximum Gasteiger partial charge on any atom is 0.253 e. The number of hydrogen-bond acceptors (Lipinski definition) is 5. The monoisotopic (exact) mass is 380 g/mol. The highest BCUT2D eigenvalue weighted by Crippen LogP contribution is 2.31. The van der Waals surface area contributed by atoms with E-state index in [-0.39, 0.29) is 15.6 Å². The van der Waals surface area contributed by atoms with E-state index < -0.39 is 22.0 Å². The summed E-state index contributed by atoms with van der Waals surface area (Å²) in [5.41, 5.74) is 1.15. The summed E-state index contributed by atoms with van der Waals surface area (Å²) < 4.78 is 27.2. The second-order valence-electron chi connectivity index (χ2n) is 6.15. The number of sulfonamides is 1. The van der Waals surface area contributed by atoms with Gasteiger partial charge in [0.2, 0.25) is 5.91 Å². The molecule has 1 aromatic heterocycles. The molecule has 25 heavy (non-hydrogen) atoms. The molecule has 1 fully saturated rings. The highest BCUT2D eigenvalue weighted by Gasteiger charge is 2.40. The second-order valence-corrected chi connectivity index (χ2v) is 9.55. The highest BCUT2D eigenvalue weighted by atomic mass is 32.2. The molecule has 8 heteroatoms. The summed E-state index contributed by atoms with van der Waals surface area (Å²) in [6.07, 6.45) is 1.09. The summed E-state index contributed by atoms with van der Waals surface area (Å²) in [7, 11) is -3.69. The van der Waals surface area contributed by atoms with Gasteiger partial charge >= 0.3 is 0 Å². The van der Waals surface area contributed by atoms with Crippen LogP contribution in [0.4, 0.5) is 5.69 Å². The maximum atomic E-state index is 12.8. The minimum atomic E-state index is -3.69. The first kappa shape index (κ1) is 17.9. The third-order valence-electron chi connectivity index (χ3n) is 4.20. The summed E-state index contributed by atoms with van der Waals surface area (Å²) in [6.45, 7) is 3.99. The van der Waals surface area contributed by atoms with Crippen molar-refractivity contribution < 1.29 is 18.3 Å². The van der Waals surface area contributed by atoms with Gasteiger partial charge in [-0.3, -0.25) is 4.79 Å². The van der Waals surface area contributed by atoms with E-state index in [1.165, 1.54) is 15.6 Å². The van der Waals surface area contributed by atoms with Gasteiger partial charge in [-0.2, -0.15) is 4.31 Å². The number of anilines is 1. The normalized spacial score (nSPS) is 18.4. The number of phenols is 1. The van der Waals surface area contributed by atoms with Crippen LogP contribution in [0.5, 0.6) is 5.75 Å². The summed E-state index contributed by atoms with van der Waals surface area (Å²) in [6, 6.07) is 7.49. The number of aryl methyl sites for hydroxylation is 2. The molecule has 1 aliphatic rings. The predicted molar refractivity (Wildman–Crippen MR) is 97.4 cm³/mol. The van der Waals surface area contributed by atoms with Crippen LogP contribution >= 0.6 is 11.3 Å². The van der Waals surface area contributed by atoms with Crippen molar-refractivity contribution in [1.29, 1.82) is 0 Å². The lowest BCUT2D eigenvalue weighted by atomic mass is 10.2. The number of rotatable bonds is 4. The lowest BCUT2D eigenvalue weighted by Crippen LogP contribution is -2.42. The zero-order valence-corrected chi connectivity index (χ0v) is 15.7. The Kier molecular flexibility index (Phi) is 4.86. The van der Waals surface area contributed by atoms with Crippen LogP contribution in [0, 0.1) is 13.8 Å². The van der Waals surface area contributed by atoms with Crippen molar-refractivity contribution in [3.8, 4) is 5.75 Å². The van der Waals surface area contributed by atoms with E-state index in [0.717, 1.165) is 10.4 Å². The number of hydrogen-bond donors (Lipinski definition) is 2. The molecule has 2 N–H and O–H groups in total. The minimum Gasteiger partial charge on any atom is -0.506 e. The standard InChI is InChI=1S/C17H20N2O4S2/c1-11-5-7-13(15(20)10-11)18-17(21)14-4-3-9-19(14)25(22,23)16-8-6-12(2)24-16/h5-8,10,14,20H,3-4,9H2,1-2H3,(H,18,21). The Bertz CT molecular complexity index is 905. The topological polar surface area (TPSA) is 86.7 Å². The van der Waals surface area contributed by atoms with E-state index in [4.69, 9.17) is 0 Å². The Hall–Kier alpha value is -1.90. The van der Waals surface area contributed by atoms with Gasteiger partial charge in [-0.05, 0) is 56.5 Å². The fraction of sp³-hybridized carbons (Fsp3) is 0.353. The average molecular weight is 380 g/mol. The third kappa shape index (κ3) is 3.56. The van der Waals surface area contributed by atoms with E-state index in [1.807, 2.05) is 13.8 Å². The molecule has 2 aromatic rings. The molecule has 1 aliphatic heterocycles. The lowest BCUT2D eigenvalue weighted by Gasteiger charge is -2.22. The summed E-state index contributed by atoms with van der Waals surface area (Å²) >= 11 is 1.20. The van der Waals surface area contributed by atoms with Crippen LogP contribution in [-0.2, 0) is 14.8 Å². The van der Waals surface area contributed by atoms with E-state index in [2.05, 4.69) is 5.32 Å². The number of phenolic OH excluding ortho intramolecular Hbond substituents is 1. The zero-order valence-electron chi connectivity index (χ0n) is 14.0. The number of benzene rings is 1. The van der Waals surface area contributed by atoms with Gasteiger partial charge in [0.1, 0.15) is 16.0 Å². The first-order valence-corrected chi connectivity index (χ1v) is 10.2. The number of carbonyl (C=O) groups excluding carboxylic acids is 1. The van der Waals surface area contributed by atoms with Crippen molar-refractivity contribution in [2.24, 2.45) is 0 Å². The van der Waals surface area contributed by atoms with Crippen molar-refractivity contribution in [3.05, 3.63) is 40.8 Å². The van der Waals surface area contributed by atoms with Gasteiger partial charge in [-0.15, -0.1) is 11.3 Å². The van der Waals surface area contributed by atoms with E-state index >= 15 is 0 Å². The minimum absolute atomic E-state index is 0.0327. The van der Waals surface area contributed by atoms with Gasteiger partial charge in [0, 0.05) is 11.4 Å². The van der Waals surface area contributed by atoms with E-state index in [9.17, 15) is 18.3 Å². The molecule has 1 unspecified atom stereocenters. The number of nitrogens with one attached hydrogen (secondary N) is 1. The highest BCUT2D eigenvalue weighted by molar-refractivity contribution is 7.91. The number of nitrogens with zero attached hydrogens (tertiary/aromatic N) is 1. The smallest absolute Gasteiger partial charge is 0.253 e. The van der Waals surface area contributed by atoms with Gasteiger partial charge < -0.3 is 10.4 Å². The molecule has 3 rings (SSSR count). The molecule has 0 bridgehead atoms. The first-order valence-electron chi connectivity index (χ1n) is 7.98. The van der Waals surface area contributed by atoms with Gasteiger partial charge in [0.25, 0.3) is 10.0 Å². The van der Waals surface area contributed by atoms with Gasteiger partial charge in [-0.25, -0.2) is 8.42 Å². The molecule has 134 valence electrons. The fourth-order valence-electron chi connectivity index (χ4n) is 2.92. The molecule has 0 radical (unpaired) electrons. The van der Waals surface area contributed by atoms with Crippen LogP contribution in [0.15, 0.2) is 34.5 Å². The Morgan fingerprint density at radius 2 is 2.04 bits per heavy atom. The Morgan fingerprint density at radius 3 is 2.68 bits per heavy atom. The third-order valence-corrected chi connectivity index (χ3v) is 7.57. The Labute approximate surface area is 151 Å². The predicted octanol–water partition coefficient (Wildman–Crippen LogP) is 2.86. The van der Waals surface area contributed by atoms with E-state index in [0.29, 0.717) is 19.4 Å². The van der Waals surface area contributed by atoms with Crippen LogP contribution in [-0.4, -0.2) is 36.3 Å². The molecule has 2 heterocycles. The van der Waals surface area contributed by atoms with Crippen LogP contribution in [0.2, 0.25) is 0 Å². The van der Waals surface area contributed by atoms with Gasteiger partial charge in [0.15, 0.2) is 0 Å². The Balaban J connectivity index is 1.82. The molecular formula is C17H20N2O4S2. The number of amides is 1. The molecule has 1 amide bonds. The van der Waals surface area contributed by atoms with Crippen molar-refractivity contribution >= 4 is 33.0 Å². The second kappa shape index (κ2) is 6.78. The summed E-state index contributed by atoms with van der Waals surface area (Å²) in [5, 5.41) is 12.6. The van der Waals surface area contributed by atoms with Crippen molar-refractivity contribution in [1.82, 2.24) is 4.31 Å². The lowest BCUT2D eigenvalue weighted by molar-refractivity contribution is -0.119. The van der Waals surface area contributed by atoms with Crippen molar-refractivity contribution in [3.63, 3.8) is 0 Å². The molecule has 6 nitrogen and oxygen atoms in total. The van der Waals surface area contributed by atoms with Crippen LogP contribution < -0.4 is 5.32 Å². The van der Waals surface area contributed by atoms with Gasteiger partial charge in [0.05, 0.1) is 5.69 Å². The summed E-state index contributed by atoms with van der Waals surface area (Å²) in [5.74, 6) is -0.455. The van der Waals surface area contributed by atoms with Crippen LogP contribution in [0.1, 0.15) is 23.3 Å². The maximum absolute atomic E-state index is 12.8.